The van der Waals surface area contributed by atoms with E-state index in [1.54, 1.807) is 0 Å². The first kappa shape index (κ1) is 14.4. The number of benzene rings is 1. The van der Waals surface area contributed by atoms with E-state index in [9.17, 15) is 0 Å². The van der Waals surface area contributed by atoms with Gasteiger partial charge in [-0.15, -0.1) is 0 Å². The Morgan fingerprint density at radius 3 is 2.26 bits per heavy atom. The van der Waals surface area contributed by atoms with E-state index in [2.05, 4.69) is 79.9 Å². The highest BCUT2D eigenvalue weighted by molar-refractivity contribution is 6.83. The van der Waals surface area contributed by atoms with Gasteiger partial charge in [0, 0.05) is 17.5 Å². The minimum Gasteiger partial charge on any atom is -0.452 e. The van der Waals surface area contributed by atoms with Crippen LogP contribution in [0.2, 0.25) is 32.7 Å². The first-order valence-electron chi connectivity index (χ1n) is 6.84. The zero-order chi connectivity index (χ0) is 14.1. The molecule has 0 radical (unpaired) electrons. The van der Waals surface area contributed by atoms with Gasteiger partial charge in [-0.3, -0.25) is 0 Å². The lowest BCUT2D eigenvalue weighted by Gasteiger charge is -2.29. The fourth-order valence-electron chi connectivity index (χ4n) is 2.63. The Morgan fingerprint density at radius 1 is 0.947 bits per heavy atom. The third-order valence-corrected chi connectivity index (χ3v) is 8.68. The number of hydrogen-bond acceptors (Lipinski definition) is 1. The van der Waals surface area contributed by atoms with Gasteiger partial charge >= 0.3 is 0 Å². The Kier molecular flexibility index (Phi) is 3.94. The van der Waals surface area contributed by atoms with E-state index in [1.165, 1.54) is 10.9 Å². The van der Waals surface area contributed by atoms with Crippen molar-refractivity contribution in [2.75, 3.05) is 0 Å². The second-order valence-electron chi connectivity index (χ2n) is 6.67. The van der Waals surface area contributed by atoms with Crippen LogP contribution < -0.4 is 4.57 Å². The standard InChI is InChI=1S/C15H24NOSi2/c1-18(2,3)17-19(4,5)13-16-12-8-10-14-9-6-7-11-15(14)16/h6-12H,13H2,1-5H3/q+1. The Balaban J connectivity index is 2.31. The van der Waals surface area contributed by atoms with E-state index < -0.39 is 16.6 Å². The van der Waals surface area contributed by atoms with E-state index in [4.69, 9.17) is 4.12 Å². The van der Waals surface area contributed by atoms with E-state index in [0.717, 1.165) is 6.17 Å². The molecule has 2 rings (SSSR count). The van der Waals surface area contributed by atoms with Crippen LogP contribution in [0.4, 0.5) is 0 Å². The van der Waals surface area contributed by atoms with Crippen molar-refractivity contribution in [1.29, 1.82) is 0 Å². The normalized spacial score (nSPS) is 12.9. The molecule has 2 nitrogen and oxygen atoms in total. The van der Waals surface area contributed by atoms with Crippen molar-refractivity contribution >= 4 is 27.5 Å². The summed E-state index contributed by atoms with van der Waals surface area (Å²) in [5, 5.41) is 1.29. The van der Waals surface area contributed by atoms with Crippen molar-refractivity contribution in [2.24, 2.45) is 0 Å². The molecule has 102 valence electrons. The van der Waals surface area contributed by atoms with Crippen LogP contribution in [0, 0.1) is 0 Å². The molecule has 2 aromatic rings. The Morgan fingerprint density at radius 2 is 1.58 bits per heavy atom. The number of para-hydroxylation sites is 1. The molecule has 0 aliphatic carbocycles. The largest absolute Gasteiger partial charge is 0.452 e. The molecule has 0 spiro atoms. The van der Waals surface area contributed by atoms with Gasteiger partial charge in [-0.1, -0.05) is 12.1 Å². The maximum atomic E-state index is 6.43. The molecule has 1 heterocycles. The maximum Gasteiger partial charge on any atom is 0.248 e. The molecule has 0 atom stereocenters. The van der Waals surface area contributed by atoms with Gasteiger partial charge < -0.3 is 4.12 Å². The van der Waals surface area contributed by atoms with Gasteiger partial charge in [0.2, 0.25) is 13.8 Å². The number of nitrogens with zero attached hydrogens (tertiary/aromatic N) is 1. The summed E-state index contributed by atoms with van der Waals surface area (Å²) < 4.78 is 8.78. The summed E-state index contributed by atoms with van der Waals surface area (Å²) in [6.07, 6.45) is 3.18. The predicted molar refractivity (Wildman–Crippen MR) is 86.1 cm³/mol. The molecular formula is C15H24NOSi2+. The molecule has 0 saturated heterocycles. The number of hydrogen-bond donors (Lipinski definition) is 0. The molecule has 0 aliphatic heterocycles. The molecule has 1 aromatic heterocycles. The quantitative estimate of drug-likeness (QED) is 0.618. The predicted octanol–water partition coefficient (Wildman–Crippen LogP) is 3.72. The summed E-state index contributed by atoms with van der Waals surface area (Å²) in [5.41, 5.74) is 1.30. The van der Waals surface area contributed by atoms with Crippen LogP contribution in [0.1, 0.15) is 0 Å². The van der Waals surface area contributed by atoms with E-state index in [0.29, 0.717) is 0 Å². The minimum absolute atomic E-state index is 1.01. The van der Waals surface area contributed by atoms with Crippen molar-refractivity contribution in [3.05, 3.63) is 42.6 Å². The van der Waals surface area contributed by atoms with E-state index >= 15 is 0 Å². The topological polar surface area (TPSA) is 13.1 Å². The monoisotopic (exact) mass is 290 g/mol. The molecule has 0 bridgehead atoms. The molecule has 0 N–H and O–H groups in total. The van der Waals surface area contributed by atoms with Gasteiger partial charge in [0.1, 0.15) is 0 Å². The van der Waals surface area contributed by atoms with Crippen molar-refractivity contribution in [1.82, 2.24) is 0 Å². The number of aromatic nitrogens is 1. The van der Waals surface area contributed by atoms with Crippen LogP contribution in [0.3, 0.4) is 0 Å². The summed E-state index contributed by atoms with van der Waals surface area (Å²) in [7, 11) is -3.14. The van der Waals surface area contributed by atoms with Gasteiger partial charge in [-0.25, -0.2) is 0 Å². The van der Waals surface area contributed by atoms with Gasteiger partial charge in [-0.2, -0.15) is 4.57 Å². The van der Waals surface area contributed by atoms with Gasteiger partial charge in [0.15, 0.2) is 20.7 Å². The fourth-order valence-corrected chi connectivity index (χ4v) is 10.6. The van der Waals surface area contributed by atoms with E-state index in [-0.39, 0.29) is 0 Å². The second kappa shape index (κ2) is 5.19. The third kappa shape index (κ3) is 3.99. The van der Waals surface area contributed by atoms with Crippen LogP contribution in [-0.4, -0.2) is 16.6 Å². The van der Waals surface area contributed by atoms with Gasteiger partial charge in [0.25, 0.3) is 0 Å². The van der Waals surface area contributed by atoms with Crippen LogP contribution in [-0.2, 0) is 10.3 Å². The first-order valence-corrected chi connectivity index (χ1v) is 13.4. The molecule has 0 amide bonds. The molecule has 0 fully saturated rings. The summed E-state index contributed by atoms with van der Waals surface area (Å²) >= 11 is 0. The van der Waals surface area contributed by atoms with Crippen molar-refractivity contribution in [3.8, 4) is 0 Å². The number of fused-ring (bicyclic) bond motifs is 1. The average Bonchev–Trinajstić information content (AvgIpc) is 2.25. The average molecular weight is 291 g/mol. The smallest absolute Gasteiger partial charge is 0.248 e. The Labute approximate surface area is 118 Å². The summed E-state index contributed by atoms with van der Waals surface area (Å²) in [6.45, 7) is 11.5. The highest BCUT2D eigenvalue weighted by Crippen LogP contribution is 2.15. The zero-order valence-corrected chi connectivity index (χ0v) is 14.6. The lowest BCUT2D eigenvalue weighted by molar-refractivity contribution is -0.655. The highest BCUT2D eigenvalue weighted by atomic mass is 28.4. The molecule has 1 aromatic carbocycles. The van der Waals surface area contributed by atoms with Crippen LogP contribution >= 0.6 is 0 Å². The second-order valence-corrected chi connectivity index (χ2v) is 15.5. The van der Waals surface area contributed by atoms with Crippen molar-refractivity contribution in [3.63, 3.8) is 0 Å². The number of pyridine rings is 1. The number of rotatable bonds is 4. The minimum atomic E-state index is -1.67. The Bertz CT molecular complexity index is 570. The van der Waals surface area contributed by atoms with Crippen LogP contribution in [0.25, 0.3) is 10.9 Å². The van der Waals surface area contributed by atoms with E-state index in [1.807, 2.05) is 0 Å². The summed E-state index contributed by atoms with van der Waals surface area (Å²) in [5.74, 6) is 0. The SMILES string of the molecule is C[Si](C)(C)O[Si](C)(C)C[n+]1cccc2ccccc21. The molecule has 19 heavy (non-hydrogen) atoms. The lowest BCUT2D eigenvalue weighted by atomic mass is 10.2. The van der Waals surface area contributed by atoms with Crippen molar-refractivity contribution < 1.29 is 8.68 Å². The zero-order valence-electron chi connectivity index (χ0n) is 12.6. The summed E-state index contributed by atoms with van der Waals surface area (Å²) in [4.78, 5) is 0. The third-order valence-electron chi connectivity index (χ3n) is 2.92. The molecule has 0 aliphatic rings. The summed E-state index contributed by atoms with van der Waals surface area (Å²) in [6, 6.07) is 12.8. The maximum absolute atomic E-state index is 6.43. The molecule has 0 saturated carbocycles. The van der Waals surface area contributed by atoms with Crippen LogP contribution in [0.5, 0.6) is 0 Å². The van der Waals surface area contributed by atoms with Gasteiger partial charge in [-0.05, 0) is 44.9 Å². The first-order chi connectivity index (χ1) is 8.77. The van der Waals surface area contributed by atoms with Crippen LogP contribution in [0.15, 0.2) is 42.6 Å². The van der Waals surface area contributed by atoms with Crippen molar-refractivity contribution in [2.45, 2.75) is 38.9 Å². The molecule has 4 heteroatoms. The highest BCUT2D eigenvalue weighted by Gasteiger charge is 2.34. The van der Waals surface area contributed by atoms with Gasteiger partial charge in [0.05, 0.1) is 0 Å². The molecular weight excluding hydrogens is 266 g/mol. The fraction of sp³-hybridized carbons (Fsp3) is 0.400. The molecule has 0 unspecified atom stereocenters. The Hall–Kier alpha value is -0.976. The lowest BCUT2D eigenvalue weighted by Crippen LogP contribution is -2.53.